The summed E-state index contributed by atoms with van der Waals surface area (Å²) in [5.74, 6) is 0.113. The van der Waals surface area contributed by atoms with Crippen molar-refractivity contribution in [2.45, 2.75) is 25.3 Å². The second kappa shape index (κ2) is 10.6. The molecule has 2 fully saturated rings. The summed E-state index contributed by atoms with van der Waals surface area (Å²) in [7, 11) is 1.71. The maximum absolute atomic E-state index is 12.5. The Morgan fingerprint density at radius 3 is 2.68 bits per heavy atom. The number of likely N-dealkylation sites (tertiary alicyclic amines) is 1. The smallest absolute Gasteiger partial charge is 0.227 e. The molecule has 2 aliphatic rings. The highest BCUT2D eigenvalue weighted by atomic mass is 35.5. The molecular weight excluding hydrogens is 329 g/mol. The highest BCUT2D eigenvalue weighted by molar-refractivity contribution is 5.85. The molecular formula is C14H29Cl2N3O3. The topological polar surface area (TPSA) is 76.8 Å². The fourth-order valence-corrected chi connectivity index (χ4v) is 3.00. The molecule has 2 saturated heterocycles. The van der Waals surface area contributed by atoms with Crippen LogP contribution in [0.25, 0.3) is 0 Å². The van der Waals surface area contributed by atoms with Gasteiger partial charge in [0.05, 0.1) is 12.0 Å². The van der Waals surface area contributed by atoms with Crippen LogP contribution in [0.15, 0.2) is 0 Å². The first-order chi connectivity index (χ1) is 9.70. The zero-order chi connectivity index (χ0) is 14.4. The number of hydrogen-bond acceptors (Lipinski definition) is 5. The van der Waals surface area contributed by atoms with Crippen LogP contribution in [0.1, 0.15) is 19.3 Å². The molecule has 0 aromatic carbocycles. The predicted molar refractivity (Wildman–Crippen MR) is 90.9 cm³/mol. The molecule has 2 heterocycles. The summed E-state index contributed by atoms with van der Waals surface area (Å²) in [4.78, 5) is 14.9. The number of carbonyl (C=O) groups is 1. The summed E-state index contributed by atoms with van der Waals surface area (Å²) in [5, 5.41) is 3.19. The Hall–Kier alpha value is -0.110. The van der Waals surface area contributed by atoms with Gasteiger partial charge < -0.3 is 20.5 Å². The van der Waals surface area contributed by atoms with Crippen LogP contribution in [0.4, 0.5) is 0 Å². The van der Waals surface area contributed by atoms with E-state index in [-0.39, 0.29) is 36.8 Å². The summed E-state index contributed by atoms with van der Waals surface area (Å²) in [5.41, 5.74) is 5.44. The second-order valence-corrected chi connectivity index (χ2v) is 5.85. The predicted octanol–water partition coefficient (Wildman–Crippen LogP) is 0.422. The number of ether oxygens (including phenoxy) is 2. The van der Waals surface area contributed by atoms with E-state index in [1.165, 1.54) is 0 Å². The maximum atomic E-state index is 12.5. The van der Waals surface area contributed by atoms with E-state index in [1.807, 2.05) is 0 Å². The van der Waals surface area contributed by atoms with Gasteiger partial charge in [0.25, 0.3) is 0 Å². The second-order valence-electron chi connectivity index (χ2n) is 5.85. The van der Waals surface area contributed by atoms with E-state index in [2.05, 4.69) is 10.2 Å². The van der Waals surface area contributed by atoms with Crippen molar-refractivity contribution in [2.75, 3.05) is 53.1 Å². The van der Waals surface area contributed by atoms with Crippen molar-refractivity contribution >= 4 is 30.7 Å². The SMILES string of the molecule is COCCN1CCC(NC(=O)C2(CN)CCOCC2)C1.Cl.Cl. The lowest BCUT2D eigenvalue weighted by Gasteiger charge is -2.35. The molecule has 0 aromatic rings. The van der Waals surface area contributed by atoms with Crippen LogP contribution in [0, 0.1) is 5.41 Å². The van der Waals surface area contributed by atoms with Crippen molar-refractivity contribution in [2.24, 2.45) is 11.1 Å². The fraction of sp³-hybridized carbons (Fsp3) is 0.929. The van der Waals surface area contributed by atoms with Gasteiger partial charge in [0.2, 0.25) is 5.91 Å². The summed E-state index contributed by atoms with van der Waals surface area (Å²) >= 11 is 0. The van der Waals surface area contributed by atoms with E-state index in [1.54, 1.807) is 7.11 Å². The molecule has 0 radical (unpaired) electrons. The molecule has 1 atom stereocenters. The van der Waals surface area contributed by atoms with Crippen molar-refractivity contribution in [3.8, 4) is 0 Å². The Morgan fingerprint density at radius 2 is 2.09 bits per heavy atom. The minimum absolute atomic E-state index is 0. The summed E-state index contributed by atoms with van der Waals surface area (Å²) in [6.45, 7) is 5.27. The number of amides is 1. The Kier molecular flexibility index (Phi) is 10.6. The third-order valence-corrected chi connectivity index (χ3v) is 4.54. The van der Waals surface area contributed by atoms with Gasteiger partial charge in [-0.1, -0.05) is 0 Å². The van der Waals surface area contributed by atoms with Gasteiger partial charge in [-0.05, 0) is 19.3 Å². The Labute approximate surface area is 145 Å². The zero-order valence-electron chi connectivity index (χ0n) is 13.2. The number of nitrogens with zero attached hydrogens (tertiary/aromatic N) is 1. The number of nitrogens with two attached hydrogens (primary N) is 1. The quantitative estimate of drug-likeness (QED) is 0.720. The average molecular weight is 358 g/mol. The lowest BCUT2D eigenvalue weighted by Crippen LogP contribution is -2.52. The molecule has 22 heavy (non-hydrogen) atoms. The van der Waals surface area contributed by atoms with Crippen molar-refractivity contribution in [1.82, 2.24) is 10.2 Å². The molecule has 0 spiro atoms. The van der Waals surface area contributed by atoms with Gasteiger partial charge >= 0.3 is 0 Å². The van der Waals surface area contributed by atoms with Gasteiger partial charge in [-0.3, -0.25) is 9.69 Å². The van der Waals surface area contributed by atoms with E-state index in [9.17, 15) is 4.79 Å². The lowest BCUT2D eigenvalue weighted by atomic mass is 9.79. The number of carbonyl (C=O) groups excluding carboxylic acids is 1. The molecule has 0 bridgehead atoms. The monoisotopic (exact) mass is 357 g/mol. The normalized spacial score (nSPS) is 24.2. The van der Waals surface area contributed by atoms with E-state index < -0.39 is 5.41 Å². The Balaban J connectivity index is 0.00000220. The van der Waals surface area contributed by atoms with E-state index in [0.29, 0.717) is 19.8 Å². The van der Waals surface area contributed by atoms with Crippen LogP contribution in [0.5, 0.6) is 0 Å². The van der Waals surface area contributed by atoms with Gasteiger partial charge in [-0.15, -0.1) is 24.8 Å². The van der Waals surface area contributed by atoms with Gasteiger partial charge in [0.1, 0.15) is 0 Å². The van der Waals surface area contributed by atoms with Crippen molar-refractivity contribution in [3.63, 3.8) is 0 Å². The number of halogens is 2. The summed E-state index contributed by atoms with van der Waals surface area (Å²) in [6.07, 6.45) is 2.47. The summed E-state index contributed by atoms with van der Waals surface area (Å²) < 4.78 is 10.4. The van der Waals surface area contributed by atoms with Crippen molar-refractivity contribution in [3.05, 3.63) is 0 Å². The van der Waals surface area contributed by atoms with Gasteiger partial charge in [-0.2, -0.15) is 0 Å². The minimum atomic E-state index is -0.418. The first kappa shape index (κ1) is 21.9. The van der Waals surface area contributed by atoms with Crippen LogP contribution in [0.2, 0.25) is 0 Å². The van der Waals surface area contributed by atoms with Crippen LogP contribution in [0.3, 0.4) is 0 Å². The van der Waals surface area contributed by atoms with Crippen LogP contribution >= 0.6 is 24.8 Å². The van der Waals surface area contributed by atoms with Crippen LogP contribution in [-0.4, -0.2) is 70.0 Å². The van der Waals surface area contributed by atoms with Crippen molar-refractivity contribution < 1.29 is 14.3 Å². The first-order valence-electron chi connectivity index (χ1n) is 7.50. The van der Waals surface area contributed by atoms with Gasteiger partial charge in [0, 0.05) is 52.5 Å². The van der Waals surface area contributed by atoms with Crippen molar-refractivity contribution in [1.29, 1.82) is 0 Å². The Bertz CT molecular complexity index is 328. The van der Waals surface area contributed by atoms with E-state index in [4.69, 9.17) is 15.2 Å². The molecule has 2 rings (SSSR count). The first-order valence-corrected chi connectivity index (χ1v) is 7.50. The maximum Gasteiger partial charge on any atom is 0.227 e. The summed E-state index contributed by atoms with van der Waals surface area (Å²) in [6, 6.07) is 0.241. The number of methoxy groups -OCH3 is 1. The molecule has 1 amide bonds. The standard InChI is InChI=1S/C14H27N3O3.2ClH/c1-19-9-6-17-5-2-12(10-17)16-13(18)14(11-15)3-7-20-8-4-14;;/h12H,2-11,15H2,1H3,(H,16,18);2*1H. The Morgan fingerprint density at radius 1 is 1.41 bits per heavy atom. The molecule has 0 aliphatic carbocycles. The molecule has 0 saturated carbocycles. The number of hydrogen-bond donors (Lipinski definition) is 2. The van der Waals surface area contributed by atoms with E-state index in [0.717, 1.165) is 45.5 Å². The molecule has 2 aliphatic heterocycles. The highest BCUT2D eigenvalue weighted by Crippen LogP contribution is 2.30. The van der Waals surface area contributed by atoms with Crippen LogP contribution in [-0.2, 0) is 14.3 Å². The van der Waals surface area contributed by atoms with Gasteiger partial charge in [0.15, 0.2) is 0 Å². The zero-order valence-corrected chi connectivity index (χ0v) is 14.8. The number of rotatable bonds is 6. The lowest BCUT2D eigenvalue weighted by molar-refractivity contribution is -0.136. The fourth-order valence-electron chi connectivity index (χ4n) is 3.00. The van der Waals surface area contributed by atoms with E-state index >= 15 is 0 Å². The molecule has 8 heteroatoms. The molecule has 6 nitrogen and oxygen atoms in total. The molecule has 132 valence electrons. The molecule has 0 aromatic heterocycles. The number of nitrogens with one attached hydrogen (secondary N) is 1. The average Bonchev–Trinajstić information content (AvgIpc) is 2.93. The third-order valence-electron chi connectivity index (χ3n) is 4.54. The minimum Gasteiger partial charge on any atom is -0.383 e. The van der Waals surface area contributed by atoms with Gasteiger partial charge in [-0.25, -0.2) is 0 Å². The molecule has 1 unspecified atom stereocenters. The molecule has 3 N–H and O–H groups in total. The highest BCUT2D eigenvalue weighted by Gasteiger charge is 2.40. The van der Waals surface area contributed by atoms with Crippen LogP contribution < -0.4 is 11.1 Å². The third kappa shape index (κ3) is 5.51. The largest absolute Gasteiger partial charge is 0.383 e.